The largest absolute Gasteiger partial charge is 0.478 e. The fourth-order valence-electron chi connectivity index (χ4n) is 1.88. The Morgan fingerprint density at radius 1 is 1.37 bits per heavy atom. The molecule has 0 spiro atoms. The normalized spacial score (nSPS) is 10.4. The Morgan fingerprint density at radius 2 is 2.05 bits per heavy atom. The van der Waals surface area contributed by atoms with Crippen molar-refractivity contribution in [3.63, 3.8) is 0 Å². The van der Waals surface area contributed by atoms with Gasteiger partial charge in [-0.2, -0.15) is 0 Å². The molecule has 7 heteroatoms. The molecule has 0 aliphatic rings. The minimum absolute atomic E-state index is 0.149. The molecule has 19 heavy (non-hydrogen) atoms. The van der Waals surface area contributed by atoms with Crippen LogP contribution in [-0.4, -0.2) is 21.2 Å². The second kappa shape index (κ2) is 4.52. The third-order valence-electron chi connectivity index (χ3n) is 2.70. The number of carboxylic acids is 1. The Kier molecular flexibility index (Phi) is 3.04. The summed E-state index contributed by atoms with van der Waals surface area (Å²) < 4.78 is 4.98. The highest BCUT2D eigenvalue weighted by atomic mass is 16.6. The zero-order valence-electron chi connectivity index (χ0n) is 10.2. The van der Waals surface area contributed by atoms with Crippen LogP contribution in [0.2, 0.25) is 0 Å². The molecule has 7 nitrogen and oxygen atoms in total. The van der Waals surface area contributed by atoms with Gasteiger partial charge in [-0.3, -0.25) is 10.1 Å². The Bertz CT molecular complexity index is 623. The van der Waals surface area contributed by atoms with Gasteiger partial charge in [-0.15, -0.1) is 0 Å². The minimum Gasteiger partial charge on any atom is -0.478 e. The van der Waals surface area contributed by atoms with Gasteiger partial charge in [0.15, 0.2) is 0 Å². The third-order valence-corrected chi connectivity index (χ3v) is 2.70. The number of benzene rings is 1. The average Bonchev–Trinajstić information content (AvgIpc) is 2.68. The monoisotopic (exact) mass is 262 g/mol. The summed E-state index contributed by atoms with van der Waals surface area (Å²) in [6.45, 7) is 3.35. The van der Waals surface area contributed by atoms with Crippen molar-refractivity contribution in [3.05, 3.63) is 45.3 Å². The van der Waals surface area contributed by atoms with Gasteiger partial charge in [0.2, 0.25) is 0 Å². The summed E-state index contributed by atoms with van der Waals surface area (Å²) in [6, 6.07) is 3.69. The maximum absolute atomic E-state index is 11.0. The lowest BCUT2D eigenvalue weighted by atomic mass is 10.0. The van der Waals surface area contributed by atoms with Crippen LogP contribution in [-0.2, 0) is 0 Å². The molecular formula is C12H10N2O5. The molecule has 0 fully saturated rings. The average molecular weight is 262 g/mol. The number of nitrogens with zero attached hydrogens (tertiary/aromatic N) is 2. The van der Waals surface area contributed by atoms with Gasteiger partial charge in [0.1, 0.15) is 5.76 Å². The van der Waals surface area contributed by atoms with E-state index in [0.717, 1.165) is 6.07 Å². The molecule has 0 aliphatic carbocycles. The molecular weight excluding hydrogens is 252 g/mol. The van der Waals surface area contributed by atoms with Gasteiger partial charge in [-0.05, 0) is 25.5 Å². The molecule has 0 saturated heterocycles. The van der Waals surface area contributed by atoms with E-state index in [0.29, 0.717) is 22.6 Å². The Morgan fingerprint density at radius 3 is 2.53 bits per heavy atom. The highest BCUT2D eigenvalue weighted by molar-refractivity contribution is 5.91. The van der Waals surface area contributed by atoms with E-state index >= 15 is 0 Å². The van der Waals surface area contributed by atoms with Crippen LogP contribution in [0.1, 0.15) is 21.8 Å². The number of carboxylic acid groups (broad SMARTS) is 1. The minimum atomic E-state index is -1.23. The molecule has 0 atom stereocenters. The summed E-state index contributed by atoms with van der Waals surface area (Å²) in [5, 5.41) is 23.6. The number of aromatic nitrogens is 1. The zero-order valence-corrected chi connectivity index (χ0v) is 10.2. The number of aromatic carboxylic acids is 1. The van der Waals surface area contributed by atoms with Crippen LogP contribution < -0.4 is 0 Å². The quantitative estimate of drug-likeness (QED) is 0.672. The van der Waals surface area contributed by atoms with Crippen LogP contribution in [0.3, 0.4) is 0 Å². The number of nitro benzene ring substituents is 1. The van der Waals surface area contributed by atoms with Crippen molar-refractivity contribution >= 4 is 11.7 Å². The number of non-ortho nitro benzene ring substituents is 1. The summed E-state index contributed by atoms with van der Waals surface area (Å²) >= 11 is 0. The highest BCUT2D eigenvalue weighted by Crippen LogP contribution is 2.30. The lowest BCUT2D eigenvalue weighted by Crippen LogP contribution is -1.99. The first-order valence-electron chi connectivity index (χ1n) is 5.36. The fourth-order valence-corrected chi connectivity index (χ4v) is 1.88. The summed E-state index contributed by atoms with van der Waals surface area (Å²) in [7, 11) is 0. The van der Waals surface area contributed by atoms with Crippen LogP contribution in [0.5, 0.6) is 0 Å². The van der Waals surface area contributed by atoms with Gasteiger partial charge in [-0.25, -0.2) is 4.79 Å². The van der Waals surface area contributed by atoms with Crippen molar-refractivity contribution < 1.29 is 19.3 Å². The van der Waals surface area contributed by atoms with Gasteiger partial charge < -0.3 is 9.63 Å². The van der Waals surface area contributed by atoms with E-state index in [-0.39, 0.29) is 11.3 Å². The molecule has 98 valence electrons. The van der Waals surface area contributed by atoms with E-state index in [1.807, 2.05) is 0 Å². The van der Waals surface area contributed by atoms with Crippen LogP contribution in [0.4, 0.5) is 5.69 Å². The Balaban J connectivity index is 2.70. The van der Waals surface area contributed by atoms with Crippen LogP contribution in [0.25, 0.3) is 11.1 Å². The molecule has 0 saturated carbocycles. The van der Waals surface area contributed by atoms with Crippen molar-refractivity contribution in [3.8, 4) is 11.1 Å². The van der Waals surface area contributed by atoms with Crippen LogP contribution in [0.15, 0.2) is 22.7 Å². The van der Waals surface area contributed by atoms with Gasteiger partial charge in [0.25, 0.3) is 5.69 Å². The Labute approximate surface area is 107 Å². The molecule has 1 N–H and O–H groups in total. The molecule has 1 aromatic carbocycles. The van der Waals surface area contributed by atoms with Gasteiger partial charge >= 0.3 is 5.97 Å². The first-order chi connectivity index (χ1) is 8.90. The van der Waals surface area contributed by atoms with E-state index < -0.39 is 10.9 Å². The van der Waals surface area contributed by atoms with E-state index in [4.69, 9.17) is 9.63 Å². The number of hydrogen-bond acceptors (Lipinski definition) is 5. The number of nitro groups is 1. The van der Waals surface area contributed by atoms with E-state index in [1.54, 1.807) is 13.8 Å². The highest BCUT2D eigenvalue weighted by Gasteiger charge is 2.18. The number of aryl methyl sites for hydroxylation is 2. The maximum atomic E-state index is 11.0. The summed E-state index contributed by atoms with van der Waals surface area (Å²) in [5.41, 5.74) is 1.10. The lowest BCUT2D eigenvalue weighted by molar-refractivity contribution is -0.384. The number of rotatable bonds is 3. The second-order valence-corrected chi connectivity index (χ2v) is 4.03. The molecule has 2 aromatic rings. The van der Waals surface area contributed by atoms with Gasteiger partial charge in [0.05, 0.1) is 16.2 Å². The molecule has 0 aliphatic heterocycles. The molecule has 0 unspecified atom stereocenters. The van der Waals surface area contributed by atoms with Crippen molar-refractivity contribution in [2.45, 2.75) is 13.8 Å². The number of carbonyl (C=O) groups is 1. The molecule has 0 radical (unpaired) electrons. The third kappa shape index (κ3) is 2.30. The van der Waals surface area contributed by atoms with Crippen molar-refractivity contribution in [2.24, 2.45) is 0 Å². The van der Waals surface area contributed by atoms with Crippen molar-refractivity contribution in [1.29, 1.82) is 0 Å². The maximum Gasteiger partial charge on any atom is 0.335 e. The number of hydrogen-bond donors (Lipinski definition) is 1. The molecule has 0 amide bonds. The standard InChI is InChI=1S/C12H10N2O5/c1-6-11(7(2)19-13-6)8-3-9(12(15)16)5-10(4-8)14(17)18/h3-5H,1-2H3,(H,15,16). The summed E-state index contributed by atoms with van der Waals surface area (Å²) in [4.78, 5) is 21.2. The van der Waals surface area contributed by atoms with Crippen molar-refractivity contribution in [2.75, 3.05) is 0 Å². The Hall–Kier alpha value is -2.70. The molecule has 1 aromatic heterocycles. The van der Waals surface area contributed by atoms with E-state index in [2.05, 4.69) is 5.16 Å². The first-order valence-corrected chi connectivity index (χ1v) is 5.36. The molecule has 2 rings (SSSR count). The smallest absolute Gasteiger partial charge is 0.335 e. The van der Waals surface area contributed by atoms with Crippen LogP contribution in [0, 0.1) is 24.0 Å². The predicted octanol–water partition coefficient (Wildman–Crippen LogP) is 2.56. The van der Waals surface area contributed by atoms with E-state index in [9.17, 15) is 14.9 Å². The predicted molar refractivity (Wildman–Crippen MR) is 65.0 cm³/mol. The SMILES string of the molecule is Cc1noc(C)c1-c1cc(C(=O)O)cc([N+](=O)[O-])c1. The van der Waals surface area contributed by atoms with Crippen molar-refractivity contribution in [1.82, 2.24) is 5.16 Å². The molecule has 1 heterocycles. The molecule has 0 bridgehead atoms. The fraction of sp³-hybridized carbons (Fsp3) is 0.167. The first kappa shape index (κ1) is 12.7. The topological polar surface area (TPSA) is 106 Å². The van der Waals surface area contributed by atoms with Gasteiger partial charge in [0, 0.05) is 17.7 Å². The zero-order chi connectivity index (χ0) is 14.2. The second-order valence-electron chi connectivity index (χ2n) is 4.03. The summed E-state index contributed by atoms with van der Waals surface area (Å²) in [6.07, 6.45) is 0. The van der Waals surface area contributed by atoms with Gasteiger partial charge in [-0.1, -0.05) is 5.16 Å². The lowest BCUT2D eigenvalue weighted by Gasteiger charge is -2.03. The van der Waals surface area contributed by atoms with E-state index in [1.165, 1.54) is 12.1 Å². The van der Waals surface area contributed by atoms with Crippen LogP contribution >= 0.6 is 0 Å². The summed E-state index contributed by atoms with van der Waals surface area (Å²) in [5.74, 6) is -0.744.